The van der Waals surface area contributed by atoms with Gasteiger partial charge in [0.25, 0.3) is 0 Å². The third-order valence-corrected chi connectivity index (χ3v) is 2.89. The second kappa shape index (κ2) is 5.45. The van der Waals surface area contributed by atoms with E-state index in [9.17, 15) is 0 Å². The first-order chi connectivity index (χ1) is 7.90. The predicted molar refractivity (Wildman–Crippen MR) is 70.5 cm³/mol. The number of aliphatic imine (C=N–C) groups is 1. The van der Waals surface area contributed by atoms with E-state index in [-0.39, 0.29) is 0 Å². The maximum atomic E-state index is 4.12. The van der Waals surface area contributed by atoms with E-state index in [2.05, 4.69) is 54.4 Å². The van der Waals surface area contributed by atoms with Gasteiger partial charge in [-0.25, -0.2) is 0 Å². The average Bonchev–Trinajstić information content (AvgIpc) is 2.71. The van der Waals surface area contributed by atoms with Gasteiger partial charge in [0.2, 0.25) is 0 Å². The zero-order chi connectivity index (χ0) is 11.2. The van der Waals surface area contributed by atoms with E-state index in [1.54, 1.807) is 0 Å². The molecule has 1 aliphatic carbocycles. The summed E-state index contributed by atoms with van der Waals surface area (Å²) in [5.74, 6) is 0.573. The number of hydrogen-bond acceptors (Lipinski definition) is 1. The van der Waals surface area contributed by atoms with Crippen LogP contribution in [0.25, 0.3) is 0 Å². The van der Waals surface area contributed by atoms with Crippen molar-refractivity contribution in [1.82, 2.24) is 0 Å². The minimum absolute atomic E-state index is 0.573. The van der Waals surface area contributed by atoms with E-state index >= 15 is 0 Å². The van der Waals surface area contributed by atoms with Crippen molar-refractivity contribution in [2.45, 2.75) is 19.8 Å². The Balaban J connectivity index is 2.19. The first-order valence-corrected chi connectivity index (χ1v) is 5.84. The van der Waals surface area contributed by atoms with E-state index in [1.807, 2.05) is 12.4 Å². The summed E-state index contributed by atoms with van der Waals surface area (Å²) in [6.45, 7) is 2.21. The van der Waals surface area contributed by atoms with E-state index in [1.165, 1.54) is 11.1 Å². The van der Waals surface area contributed by atoms with Gasteiger partial charge in [-0.2, -0.15) is 0 Å². The van der Waals surface area contributed by atoms with Crippen molar-refractivity contribution in [2.24, 2.45) is 10.9 Å². The standard InChI is InChI=1S/C15H17N/c1-2-13-5-3-6-14(9-8-13)15-7-4-11-16-12-10-15/h3-6,8-13H,2,7H2,1H3. The molecule has 1 heteroatoms. The summed E-state index contributed by atoms with van der Waals surface area (Å²) in [6, 6.07) is 0. The Morgan fingerprint density at radius 3 is 3.12 bits per heavy atom. The van der Waals surface area contributed by atoms with Crippen molar-refractivity contribution >= 4 is 6.21 Å². The van der Waals surface area contributed by atoms with Crippen LogP contribution in [0, 0.1) is 5.92 Å². The monoisotopic (exact) mass is 211 g/mol. The lowest BCUT2D eigenvalue weighted by Gasteiger charge is -2.04. The first-order valence-electron chi connectivity index (χ1n) is 5.84. The average molecular weight is 211 g/mol. The van der Waals surface area contributed by atoms with Crippen molar-refractivity contribution in [3.8, 4) is 0 Å². The lowest BCUT2D eigenvalue weighted by molar-refractivity contribution is 0.775. The Kier molecular flexibility index (Phi) is 3.71. The van der Waals surface area contributed by atoms with E-state index in [4.69, 9.17) is 0 Å². The highest BCUT2D eigenvalue weighted by molar-refractivity contribution is 5.75. The summed E-state index contributed by atoms with van der Waals surface area (Å²) in [6.07, 6.45) is 21.1. The molecule has 0 aromatic carbocycles. The molecule has 2 aliphatic rings. The molecule has 0 N–H and O–H groups in total. The molecule has 1 aliphatic heterocycles. The van der Waals surface area contributed by atoms with Crippen LogP contribution in [-0.2, 0) is 0 Å². The summed E-state index contributed by atoms with van der Waals surface area (Å²) >= 11 is 0. The van der Waals surface area contributed by atoms with Gasteiger partial charge >= 0.3 is 0 Å². The highest BCUT2D eigenvalue weighted by Gasteiger charge is 2.04. The van der Waals surface area contributed by atoms with Crippen molar-refractivity contribution < 1.29 is 0 Å². The third kappa shape index (κ3) is 2.69. The van der Waals surface area contributed by atoms with Gasteiger partial charge in [0.1, 0.15) is 0 Å². The summed E-state index contributed by atoms with van der Waals surface area (Å²) in [5.41, 5.74) is 2.63. The lowest BCUT2D eigenvalue weighted by atomic mass is 10.0. The minimum atomic E-state index is 0.573. The molecule has 0 saturated carbocycles. The predicted octanol–water partition coefficient (Wildman–Crippen LogP) is 3.98. The van der Waals surface area contributed by atoms with Crippen LogP contribution in [0.2, 0.25) is 0 Å². The second-order valence-electron chi connectivity index (χ2n) is 4.02. The zero-order valence-electron chi connectivity index (χ0n) is 9.63. The zero-order valence-corrected chi connectivity index (χ0v) is 9.63. The number of nitrogens with zero attached hydrogens (tertiary/aromatic N) is 1. The summed E-state index contributed by atoms with van der Waals surface area (Å²) in [4.78, 5) is 4.12. The molecular formula is C15H17N. The number of hydrogen-bond donors (Lipinski definition) is 0. The van der Waals surface area contributed by atoms with Gasteiger partial charge in [0.05, 0.1) is 0 Å². The molecule has 1 nitrogen and oxygen atoms in total. The van der Waals surface area contributed by atoms with Crippen molar-refractivity contribution in [1.29, 1.82) is 0 Å². The number of allylic oxidation sites excluding steroid dienone is 9. The first kappa shape index (κ1) is 10.9. The molecule has 0 fully saturated rings. The largest absolute Gasteiger partial charge is 0.265 e. The molecule has 0 saturated heterocycles. The van der Waals surface area contributed by atoms with Gasteiger partial charge in [-0.1, -0.05) is 43.4 Å². The van der Waals surface area contributed by atoms with Gasteiger partial charge in [-0.3, -0.25) is 4.99 Å². The number of rotatable bonds is 2. The fourth-order valence-electron chi connectivity index (χ4n) is 1.84. The molecule has 82 valence electrons. The second-order valence-corrected chi connectivity index (χ2v) is 4.02. The van der Waals surface area contributed by atoms with Gasteiger partial charge in [0.15, 0.2) is 0 Å². The minimum Gasteiger partial charge on any atom is -0.265 e. The quantitative estimate of drug-likeness (QED) is 0.655. The van der Waals surface area contributed by atoms with Gasteiger partial charge in [-0.05, 0) is 36.0 Å². The molecule has 16 heavy (non-hydrogen) atoms. The van der Waals surface area contributed by atoms with E-state index < -0.39 is 0 Å². The van der Waals surface area contributed by atoms with Crippen LogP contribution in [0.1, 0.15) is 19.8 Å². The lowest BCUT2D eigenvalue weighted by Crippen LogP contribution is -1.88. The fourth-order valence-corrected chi connectivity index (χ4v) is 1.84. The van der Waals surface area contributed by atoms with Crippen LogP contribution < -0.4 is 0 Å². The summed E-state index contributed by atoms with van der Waals surface area (Å²) in [5, 5.41) is 0. The van der Waals surface area contributed by atoms with Crippen molar-refractivity contribution in [3.63, 3.8) is 0 Å². The van der Waals surface area contributed by atoms with Crippen molar-refractivity contribution in [2.75, 3.05) is 0 Å². The Morgan fingerprint density at radius 2 is 2.25 bits per heavy atom. The maximum Gasteiger partial charge on any atom is 0.0270 e. The highest BCUT2D eigenvalue weighted by Crippen LogP contribution is 2.21. The third-order valence-electron chi connectivity index (χ3n) is 2.89. The van der Waals surface area contributed by atoms with Crippen LogP contribution >= 0.6 is 0 Å². The van der Waals surface area contributed by atoms with Crippen LogP contribution in [0.3, 0.4) is 0 Å². The molecule has 1 heterocycles. The van der Waals surface area contributed by atoms with Crippen LogP contribution in [0.4, 0.5) is 0 Å². The Hall–Kier alpha value is -1.63. The van der Waals surface area contributed by atoms with Crippen LogP contribution in [0.15, 0.2) is 64.9 Å². The van der Waals surface area contributed by atoms with Gasteiger partial charge in [-0.15, -0.1) is 0 Å². The topological polar surface area (TPSA) is 12.4 Å². The fraction of sp³-hybridized carbons (Fsp3) is 0.267. The summed E-state index contributed by atoms with van der Waals surface area (Å²) < 4.78 is 0. The van der Waals surface area contributed by atoms with Crippen LogP contribution in [0.5, 0.6) is 0 Å². The smallest absolute Gasteiger partial charge is 0.0270 e. The molecule has 2 rings (SSSR count). The molecule has 0 bridgehead atoms. The molecule has 0 amide bonds. The maximum absolute atomic E-state index is 4.12. The van der Waals surface area contributed by atoms with Gasteiger partial charge < -0.3 is 0 Å². The highest BCUT2D eigenvalue weighted by atomic mass is 14.7. The SMILES string of the molecule is CCC1C=CC=C(C2=CC=NC=CC2)C=C1. The normalized spacial score (nSPS) is 23.7. The molecule has 0 aromatic rings. The Morgan fingerprint density at radius 1 is 1.31 bits per heavy atom. The molecule has 1 unspecified atom stereocenters. The van der Waals surface area contributed by atoms with Crippen LogP contribution in [-0.4, -0.2) is 6.21 Å². The van der Waals surface area contributed by atoms with E-state index in [0.29, 0.717) is 5.92 Å². The Labute approximate surface area is 97.3 Å². The molecule has 0 radical (unpaired) electrons. The van der Waals surface area contributed by atoms with Gasteiger partial charge in [0, 0.05) is 12.4 Å². The van der Waals surface area contributed by atoms with Crippen molar-refractivity contribution in [3.05, 3.63) is 59.9 Å². The van der Waals surface area contributed by atoms with E-state index in [0.717, 1.165) is 12.8 Å². The Bertz CT molecular complexity index is 417. The summed E-state index contributed by atoms with van der Waals surface area (Å²) in [7, 11) is 0. The molecular weight excluding hydrogens is 194 g/mol. The molecule has 0 spiro atoms. The molecule has 1 atom stereocenters. The molecule has 0 aromatic heterocycles.